The van der Waals surface area contributed by atoms with Crippen molar-refractivity contribution in [3.8, 4) is 0 Å². The summed E-state index contributed by atoms with van der Waals surface area (Å²) >= 11 is 0. The van der Waals surface area contributed by atoms with Crippen LogP contribution in [-0.4, -0.2) is 37.0 Å². The largest absolute Gasteiger partial charge is 0.348 e. The molecule has 0 unspecified atom stereocenters. The molecule has 0 spiro atoms. The Balaban J connectivity index is 1.64. The number of nitrogens with zero attached hydrogens (tertiary/aromatic N) is 1. The number of hydrogen-bond donors (Lipinski definition) is 2. The van der Waals surface area contributed by atoms with Gasteiger partial charge >= 0.3 is 6.03 Å². The standard InChI is InChI=1S/C21H24FN3O2/c1-23-21(27)25-11-3-6-18(14-25)16-4-2-5-17(12-16)20(26)24-13-15-7-9-19(22)10-8-15/h2,4-5,7-10,12,18H,3,6,11,13-14H2,1H3,(H,23,27)(H,24,26)/t18-/m1/s1. The van der Waals surface area contributed by atoms with Crippen LogP contribution in [0.3, 0.4) is 0 Å². The quantitative estimate of drug-likeness (QED) is 0.869. The summed E-state index contributed by atoms with van der Waals surface area (Å²) in [6.45, 7) is 1.76. The van der Waals surface area contributed by atoms with Gasteiger partial charge < -0.3 is 15.5 Å². The lowest BCUT2D eigenvalue weighted by Gasteiger charge is -2.32. The number of likely N-dealkylation sites (tertiary alicyclic amines) is 1. The van der Waals surface area contributed by atoms with Crippen LogP contribution in [0.15, 0.2) is 48.5 Å². The second-order valence-corrected chi connectivity index (χ2v) is 6.77. The molecule has 0 saturated carbocycles. The maximum Gasteiger partial charge on any atom is 0.317 e. The van der Waals surface area contributed by atoms with Gasteiger partial charge in [-0.2, -0.15) is 0 Å². The van der Waals surface area contributed by atoms with Gasteiger partial charge in [0.1, 0.15) is 5.82 Å². The maximum atomic E-state index is 13.0. The van der Waals surface area contributed by atoms with Crippen LogP contribution >= 0.6 is 0 Å². The fraction of sp³-hybridized carbons (Fsp3) is 0.333. The van der Waals surface area contributed by atoms with Crippen molar-refractivity contribution in [3.63, 3.8) is 0 Å². The number of halogens is 1. The summed E-state index contributed by atoms with van der Waals surface area (Å²) in [6, 6.07) is 13.6. The highest BCUT2D eigenvalue weighted by atomic mass is 19.1. The van der Waals surface area contributed by atoms with E-state index in [1.807, 2.05) is 23.1 Å². The van der Waals surface area contributed by atoms with Gasteiger partial charge in [0.15, 0.2) is 0 Å². The van der Waals surface area contributed by atoms with Crippen molar-refractivity contribution in [1.82, 2.24) is 15.5 Å². The van der Waals surface area contributed by atoms with E-state index in [4.69, 9.17) is 0 Å². The van der Waals surface area contributed by atoms with E-state index in [1.54, 1.807) is 25.2 Å². The SMILES string of the molecule is CNC(=O)N1CCC[C@@H](c2cccc(C(=O)NCc3ccc(F)cc3)c2)C1. The van der Waals surface area contributed by atoms with Crippen molar-refractivity contribution in [2.75, 3.05) is 20.1 Å². The van der Waals surface area contributed by atoms with Gasteiger partial charge in [-0.1, -0.05) is 24.3 Å². The zero-order chi connectivity index (χ0) is 19.2. The molecule has 0 radical (unpaired) electrons. The molecule has 3 rings (SSSR count). The predicted molar refractivity (Wildman–Crippen MR) is 102 cm³/mol. The molecule has 1 aliphatic rings. The van der Waals surface area contributed by atoms with Crippen molar-refractivity contribution in [1.29, 1.82) is 0 Å². The summed E-state index contributed by atoms with van der Waals surface area (Å²) < 4.78 is 13.0. The Morgan fingerprint density at radius 1 is 1.19 bits per heavy atom. The summed E-state index contributed by atoms with van der Waals surface area (Å²) in [4.78, 5) is 26.2. The number of carbonyl (C=O) groups excluding carboxylic acids is 2. The summed E-state index contributed by atoms with van der Waals surface area (Å²) in [6.07, 6.45) is 1.94. The highest BCUT2D eigenvalue weighted by molar-refractivity contribution is 5.94. The van der Waals surface area contributed by atoms with E-state index < -0.39 is 0 Å². The monoisotopic (exact) mass is 369 g/mol. The van der Waals surface area contributed by atoms with Gasteiger partial charge in [0.05, 0.1) is 0 Å². The smallest absolute Gasteiger partial charge is 0.317 e. The molecule has 2 N–H and O–H groups in total. The summed E-state index contributed by atoms with van der Waals surface area (Å²) in [5.74, 6) is -0.239. The van der Waals surface area contributed by atoms with E-state index in [0.29, 0.717) is 18.7 Å². The third kappa shape index (κ3) is 4.84. The van der Waals surface area contributed by atoms with Crippen LogP contribution in [0.4, 0.5) is 9.18 Å². The molecule has 5 nitrogen and oxygen atoms in total. The second-order valence-electron chi connectivity index (χ2n) is 6.77. The summed E-state index contributed by atoms with van der Waals surface area (Å²) in [5, 5.41) is 5.54. The first-order chi connectivity index (χ1) is 13.1. The Morgan fingerprint density at radius 3 is 2.70 bits per heavy atom. The third-order valence-electron chi connectivity index (χ3n) is 4.91. The zero-order valence-corrected chi connectivity index (χ0v) is 15.4. The van der Waals surface area contributed by atoms with Crippen LogP contribution in [0.25, 0.3) is 0 Å². The molecule has 27 heavy (non-hydrogen) atoms. The minimum Gasteiger partial charge on any atom is -0.348 e. The first-order valence-electron chi connectivity index (χ1n) is 9.16. The molecule has 1 heterocycles. The molecule has 1 atom stereocenters. The molecular formula is C21H24FN3O2. The highest BCUT2D eigenvalue weighted by Crippen LogP contribution is 2.27. The number of benzene rings is 2. The lowest BCUT2D eigenvalue weighted by atomic mass is 9.89. The topological polar surface area (TPSA) is 61.4 Å². The van der Waals surface area contributed by atoms with Gasteiger partial charge in [0.25, 0.3) is 5.91 Å². The highest BCUT2D eigenvalue weighted by Gasteiger charge is 2.24. The lowest BCUT2D eigenvalue weighted by Crippen LogP contribution is -2.43. The van der Waals surface area contributed by atoms with Crippen molar-refractivity contribution in [2.45, 2.75) is 25.3 Å². The van der Waals surface area contributed by atoms with Crippen LogP contribution in [0, 0.1) is 5.82 Å². The van der Waals surface area contributed by atoms with Gasteiger partial charge in [0, 0.05) is 38.2 Å². The number of amides is 3. The van der Waals surface area contributed by atoms with Crippen LogP contribution in [-0.2, 0) is 6.54 Å². The van der Waals surface area contributed by atoms with Gasteiger partial charge in [0.2, 0.25) is 0 Å². The van der Waals surface area contributed by atoms with Gasteiger partial charge in [-0.05, 0) is 48.2 Å². The first-order valence-corrected chi connectivity index (χ1v) is 9.16. The third-order valence-corrected chi connectivity index (χ3v) is 4.91. The van der Waals surface area contributed by atoms with Crippen LogP contribution in [0.2, 0.25) is 0 Å². The molecule has 1 fully saturated rings. The molecule has 6 heteroatoms. The fourth-order valence-electron chi connectivity index (χ4n) is 3.41. The number of hydrogen-bond acceptors (Lipinski definition) is 2. The first kappa shape index (κ1) is 18.9. The molecule has 2 aromatic carbocycles. The number of urea groups is 1. The van der Waals surface area contributed by atoms with Crippen molar-refractivity contribution in [3.05, 3.63) is 71.0 Å². The molecule has 1 saturated heterocycles. The lowest BCUT2D eigenvalue weighted by molar-refractivity contribution is 0.0950. The van der Waals surface area contributed by atoms with Gasteiger partial charge in [-0.3, -0.25) is 4.79 Å². The fourth-order valence-corrected chi connectivity index (χ4v) is 3.41. The molecule has 3 amide bonds. The van der Waals surface area contributed by atoms with Gasteiger partial charge in [-0.15, -0.1) is 0 Å². The van der Waals surface area contributed by atoms with E-state index in [2.05, 4.69) is 10.6 Å². The average Bonchev–Trinajstić information content (AvgIpc) is 2.72. The second kappa shape index (κ2) is 8.66. The Labute approximate surface area is 158 Å². The van der Waals surface area contributed by atoms with E-state index in [0.717, 1.165) is 30.5 Å². The van der Waals surface area contributed by atoms with Crippen molar-refractivity contribution >= 4 is 11.9 Å². The van der Waals surface area contributed by atoms with E-state index >= 15 is 0 Å². The maximum absolute atomic E-state index is 13.0. The number of piperidine rings is 1. The molecule has 0 bridgehead atoms. The van der Waals surface area contributed by atoms with Crippen LogP contribution < -0.4 is 10.6 Å². The molecule has 0 aliphatic carbocycles. The Morgan fingerprint density at radius 2 is 1.96 bits per heavy atom. The minimum atomic E-state index is -0.295. The average molecular weight is 369 g/mol. The normalized spacial score (nSPS) is 16.7. The van der Waals surface area contributed by atoms with E-state index in [1.165, 1.54) is 12.1 Å². The Hall–Kier alpha value is -2.89. The van der Waals surface area contributed by atoms with Crippen molar-refractivity contribution < 1.29 is 14.0 Å². The predicted octanol–water partition coefficient (Wildman–Crippen LogP) is 3.27. The van der Waals surface area contributed by atoms with Crippen molar-refractivity contribution in [2.24, 2.45) is 0 Å². The minimum absolute atomic E-state index is 0.0621. The number of carbonyl (C=O) groups is 2. The summed E-state index contributed by atoms with van der Waals surface area (Å²) in [5.41, 5.74) is 2.50. The number of nitrogens with one attached hydrogen (secondary N) is 2. The molecule has 0 aromatic heterocycles. The Kier molecular flexibility index (Phi) is 6.06. The molecule has 142 valence electrons. The van der Waals surface area contributed by atoms with Crippen LogP contribution in [0.5, 0.6) is 0 Å². The molecule has 1 aliphatic heterocycles. The van der Waals surface area contributed by atoms with E-state index in [-0.39, 0.29) is 23.7 Å². The Bertz CT molecular complexity index is 807. The molecule has 2 aromatic rings. The van der Waals surface area contributed by atoms with E-state index in [9.17, 15) is 14.0 Å². The number of rotatable bonds is 4. The summed E-state index contributed by atoms with van der Waals surface area (Å²) in [7, 11) is 1.64. The van der Waals surface area contributed by atoms with Gasteiger partial charge in [-0.25, -0.2) is 9.18 Å². The zero-order valence-electron chi connectivity index (χ0n) is 15.4. The molecular weight excluding hydrogens is 345 g/mol. The van der Waals surface area contributed by atoms with Crippen LogP contribution in [0.1, 0.15) is 40.2 Å².